The van der Waals surface area contributed by atoms with Crippen LogP contribution in [0.15, 0.2) is 23.8 Å². The van der Waals surface area contributed by atoms with Crippen molar-refractivity contribution in [2.75, 3.05) is 0 Å². The van der Waals surface area contributed by atoms with Crippen molar-refractivity contribution in [2.45, 2.75) is 75.0 Å². The van der Waals surface area contributed by atoms with Crippen molar-refractivity contribution in [3.63, 3.8) is 0 Å². The maximum atomic E-state index is 6.32. The highest BCUT2D eigenvalue weighted by atomic mass is 16.7. The molecule has 2 nitrogen and oxygen atoms in total. The van der Waals surface area contributed by atoms with Crippen LogP contribution in [-0.4, -0.2) is 22.2 Å². The van der Waals surface area contributed by atoms with Crippen LogP contribution in [0.2, 0.25) is 0 Å². The number of piperidine rings is 1. The van der Waals surface area contributed by atoms with Crippen LogP contribution in [0, 0.1) is 5.92 Å². The topological polar surface area (TPSA) is 12.5 Å². The molecular weight excluding hydrogens is 234 g/mol. The number of nitrogens with zero attached hydrogens (tertiary/aromatic N) is 1. The van der Waals surface area contributed by atoms with E-state index in [1.54, 1.807) is 5.57 Å². The van der Waals surface area contributed by atoms with Crippen molar-refractivity contribution in [2.24, 2.45) is 5.92 Å². The van der Waals surface area contributed by atoms with Gasteiger partial charge in [0.05, 0.1) is 17.2 Å². The average Bonchev–Trinajstić information content (AvgIpc) is 3.01. The highest BCUT2D eigenvalue weighted by molar-refractivity contribution is 5.46. The SMILES string of the molecule is C1=CC2=CC3(C4CCCCC4)CC4C[C@]2(CC1)N3O4. The lowest BCUT2D eigenvalue weighted by molar-refractivity contribution is -0.182. The van der Waals surface area contributed by atoms with Crippen LogP contribution in [0.4, 0.5) is 0 Å². The van der Waals surface area contributed by atoms with E-state index >= 15 is 0 Å². The molecule has 2 unspecified atom stereocenters. The molecule has 2 bridgehead atoms. The van der Waals surface area contributed by atoms with Crippen LogP contribution in [0.3, 0.4) is 0 Å². The monoisotopic (exact) mass is 257 g/mol. The third kappa shape index (κ3) is 1.21. The van der Waals surface area contributed by atoms with Gasteiger partial charge in [0, 0.05) is 12.8 Å². The van der Waals surface area contributed by atoms with Crippen molar-refractivity contribution < 1.29 is 4.84 Å². The molecule has 102 valence electrons. The second kappa shape index (κ2) is 3.53. The highest BCUT2D eigenvalue weighted by Crippen LogP contribution is 2.63. The molecule has 0 amide bonds. The molecule has 3 fully saturated rings. The Hall–Kier alpha value is -0.600. The molecule has 2 heteroatoms. The maximum absolute atomic E-state index is 6.32. The number of hydrogen-bond acceptors (Lipinski definition) is 2. The Bertz CT molecular complexity index is 476. The van der Waals surface area contributed by atoms with Crippen molar-refractivity contribution in [1.82, 2.24) is 5.06 Å². The van der Waals surface area contributed by atoms with E-state index in [9.17, 15) is 0 Å². The van der Waals surface area contributed by atoms with E-state index in [0.29, 0.717) is 6.10 Å². The number of hydroxylamine groups is 2. The fourth-order valence-electron chi connectivity index (χ4n) is 5.69. The molecule has 5 rings (SSSR count). The molecule has 0 aromatic rings. The Labute approximate surface area is 115 Å². The molecule has 1 saturated carbocycles. The second-order valence-electron chi connectivity index (χ2n) is 7.33. The summed E-state index contributed by atoms with van der Waals surface area (Å²) in [5, 5.41) is 2.50. The summed E-state index contributed by atoms with van der Waals surface area (Å²) in [4.78, 5) is 6.32. The zero-order chi connectivity index (χ0) is 12.5. The van der Waals surface area contributed by atoms with E-state index in [4.69, 9.17) is 4.84 Å². The zero-order valence-electron chi connectivity index (χ0n) is 11.6. The first-order valence-electron chi connectivity index (χ1n) is 8.21. The Kier molecular flexibility index (Phi) is 2.06. The molecule has 2 aliphatic carbocycles. The smallest absolute Gasteiger partial charge is 0.0837 e. The fourth-order valence-corrected chi connectivity index (χ4v) is 5.69. The quantitative estimate of drug-likeness (QED) is 0.709. The van der Waals surface area contributed by atoms with Gasteiger partial charge in [-0.05, 0) is 37.2 Å². The van der Waals surface area contributed by atoms with Crippen molar-refractivity contribution in [3.05, 3.63) is 23.8 Å². The van der Waals surface area contributed by atoms with E-state index in [2.05, 4.69) is 23.3 Å². The summed E-state index contributed by atoms with van der Waals surface area (Å²) in [6, 6.07) is 0. The van der Waals surface area contributed by atoms with Gasteiger partial charge in [-0.2, -0.15) is 5.06 Å². The minimum absolute atomic E-state index is 0.271. The van der Waals surface area contributed by atoms with Crippen LogP contribution < -0.4 is 0 Å². The summed E-state index contributed by atoms with van der Waals surface area (Å²) < 4.78 is 0. The van der Waals surface area contributed by atoms with Crippen LogP contribution in [-0.2, 0) is 4.84 Å². The molecule has 5 aliphatic rings. The summed E-state index contributed by atoms with van der Waals surface area (Å²) in [5.74, 6) is 0.843. The fraction of sp³-hybridized carbons (Fsp3) is 0.765. The van der Waals surface area contributed by atoms with Gasteiger partial charge in [-0.25, -0.2) is 0 Å². The number of fused-ring (bicyclic) bond motifs is 1. The molecule has 2 saturated heterocycles. The Balaban J connectivity index is 1.61. The van der Waals surface area contributed by atoms with Gasteiger partial charge < -0.3 is 0 Å². The molecule has 19 heavy (non-hydrogen) atoms. The van der Waals surface area contributed by atoms with E-state index in [1.807, 2.05) is 0 Å². The Morgan fingerprint density at radius 3 is 2.89 bits per heavy atom. The molecule has 3 aliphatic heterocycles. The Morgan fingerprint density at radius 2 is 2.05 bits per heavy atom. The molecule has 0 aromatic carbocycles. The average molecular weight is 257 g/mol. The predicted octanol–water partition coefficient (Wildman–Crippen LogP) is 3.74. The molecule has 1 spiro atoms. The van der Waals surface area contributed by atoms with Gasteiger partial charge in [0.25, 0.3) is 0 Å². The third-order valence-electron chi connectivity index (χ3n) is 6.42. The summed E-state index contributed by atoms with van der Waals surface area (Å²) >= 11 is 0. The summed E-state index contributed by atoms with van der Waals surface area (Å²) in [7, 11) is 0. The molecule has 0 radical (unpaired) electrons. The standard InChI is InChI=1S/C17H23NO/c1-2-6-13(7-3-1)17-10-14-8-4-5-9-16(14)11-15(12-17)19-18(16)17/h4,8,10,13,15H,1-3,5-7,9,11-12H2/t15?,16-,17?/m0/s1. The first kappa shape index (κ1) is 11.1. The zero-order valence-corrected chi connectivity index (χ0v) is 11.6. The molecule has 0 aromatic heterocycles. The molecule has 3 atom stereocenters. The van der Waals surface area contributed by atoms with E-state index in [-0.39, 0.29) is 11.1 Å². The van der Waals surface area contributed by atoms with Gasteiger partial charge in [-0.3, -0.25) is 4.84 Å². The van der Waals surface area contributed by atoms with E-state index in [1.165, 1.54) is 57.8 Å². The maximum Gasteiger partial charge on any atom is 0.0837 e. The van der Waals surface area contributed by atoms with E-state index < -0.39 is 0 Å². The van der Waals surface area contributed by atoms with Gasteiger partial charge in [-0.15, -0.1) is 0 Å². The van der Waals surface area contributed by atoms with Crippen LogP contribution >= 0.6 is 0 Å². The predicted molar refractivity (Wildman–Crippen MR) is 74.4 cm³/mol. The second-order valence-corrected chi connectivity index (χ2v) is 7.33. The summed E-state index contributed by atoms with van der Waals surface area (Å²) in [6.07, 6.45) is 20.0. The lowest BCUT2D eigenvalue weighted by atomic mass is 9.70. The number of allylic oxidation sites excluding steroid dienone is 1. The number of rotatable bonds is 1. The molecular formula is C17H23NO. The first-order chi connectivity index (χ1) is 9.33. The van der Waals surface area contributed by atoms with Crippen LogP contribution in [0.25, 0.3) is 0 Å². The minimum Gasteiger partial charge on any atom is -0.294 e. The number of hydrogen-bond donors (Lipinski definition) is 0. The highest BCUT2D eigenvalue weighted by Gasteiger charge is 2.68. The lowest BCUT2D eigenvalue weighted by Gasteiger charge is -2.46. The first-order valence-corrected chi connectivity index (χ1v) is 8.21. The normalized spacial score (nSPS) is 48.6. The van der Waals surface area contributed by atoms with Crippen molar-refractivity contribution >= 4 is 0 Å². The largest absolute Gasteiger partial charge is 0.294 e. The van der Waals surface area contributed by atoms with Gasteiger partial charge in [0.1, 0.15) is 0 Å². The third-order valence-corrected chi connectivity index (χ3v) is 6.42. The van der Waals surface area contributed by atoms with Crippen molar-refractivity contribution in [3.8, 4) is 0 Å². The van der Waals surface area contributed by atoms with Crippen molar-refractivity contribution in [1.29, 1.82) is 0 Å². The van der Waals surface area contributed by atoms with Crippen LogP contribution in [0.5, 0.6) is 0 Å². The molecule has 3 heterocycles. The van der Waals surface area contributed by atoms with Gasteiger partial charge in [-0.1, -0.05) is 37.5 Å². The van der Waals surface area contributed by atoms with Gasteiger partial charge >= 0.3 is 0 Å². The van der Waals surface area contributed by atoms with E-state index in [0.717, 1.165) is 5.92 Å². The van der Waals surface area contributed by atoms with Gasteiger partial charge in [0.15, 0.2) is 0 Å². The lowest BCUT2D eigenvalue weighted by Crippen LogP contribution is -2.55. The van der Waals surface area contributed by atoms with Gasteiger partial charge in [0.2, 0.25) is 0 Å². The molecule has 0 N–H and O–H groups in total. The van der Waals surface area contributed by atoms with Crippen LogP contribution in [0.1, 0.15) is 57.8 Å². The summed E-state index contributed by atoms with van der Waals surface area (Å²) in [6.45, 7) is 0. The summed E-state index contributed by atoms with van der Waals surface area (Å²) in [5.41, 5.74) is 2.13. The Morgan fingerprint density at radius 1 is 1.16 bits per heavy atom. The minimum atomic E-state index is 0.271.